The standard InChI is InChI=1S/C10H15F3O3.C8H10O3.C6H11F3O2/c1-6(2)8(14)16-7(3)5-9(4,15)10(11,12)13;1-5(2)7(9)11-8(10)6(3)4;1-4(10)3-5(2,11)6(7,8)9/h7,15H,1,5H2,2-4H3;1,3H2,2,4H3;4,10-11H,3H2,1-2H3. The Morgan fingerprint density at radius 2 is 1.00 bits per heavy atom. The molecule has 0 bridgehead atoms. The summed E-state index contributed by atoms with van der Waals surface area (Å²) in [4.78, 5) is 32.4. The second kappa shape index (κ2) is 15.6. The van der Waals surface area contributed by atoms with E-state index in [1.807, 2.05) is 0 Å². The summed E-state index contributed by atoms with van der Waals surface area (Å²) in [6.45, 7) is 18.0. The highest BCUT2D eigenvalue weighted by Crippen LogP contribution is 2.34. The van der Waals surface area contributed by atoms with E-state index in [0.29, 0.717) is 13.8 Å². The van der Waals surface area contributed by atoms with Crippen molar-refractivity contribution in [2.75, 3.05) is 0 Å². The Balaban J connectivity index is -0.000000498. The van der Waals surface area contributed by atoms with Gasteiger partial charge in [-0.05, 0) is 48.5 Å². The molecule has 0 aromatic heterocycles. The maximum Gasteiger partial charge on any atom is 0.417 e. The fourth-order valence-corrected chi connectivity index (χ4v) is 1.95. The lowest BCUT2D eigenvalue weighted by molar-refractivity contribution is -0.261. The Morgan fingerprint density at radius 1 is 0.711 bits per heavy atom. The van der Waals surface area contributed by atoms with Gasteiger partial charge in [0.2, 0.25) is 0 Å². The van der Waals surface area contributed by atoms with E-state index in [2.05, 4.69) is 29.2 Å². The van der Waals surface area contributed by atoms with Gasteiger partial charge in [-0.2, -0.15) is 26.3 Å². The molecule has 8 nitrogen and oxygen atoms in total. The van der Waals surface area contributed by atoms with Crippen molar-refractivity contribution in [2.24, 2.45) is 0 Å². The first-order chi connectivity index (χ1) is 16.6. The maximum atomic E-state index is 12.3. The molecule has 0 aromatic carbocycles. The Bertz CT molecular complexity index is 831. The quantitative estimate of drug-likeness (QED) is 0.170. The number of esters is 3. The van der Waals surface area contributed by atoms with Crippen LogP contribution in [0.2, 0.25) is 0 Å². The maximum absolute atomic E-state index is 12.3. The lowest BCUT2D eigenvalue weighted by Crippen LogP contribution is -2.45. The van der Waals surface area contributed by atoms with E-state index >= 15 is 0 Å². The van der Waals surface area contributed by atoms with E-state index in [1.165, 1.54) is 34.6 Å². The number of halogens is 6. The van der Waals surface area contributed by atoms with Crippen molar-refractivity contribution < 1.29 is 65.5 Å². The van der Waals surface area contributed by atoms with Gasteiger partial charge >= 0.3 is 30.3 Å². The van der Waals surface area contributed by atoms with Crippen molar-refractivity contribution in [3.8, 4) is 0 Å². The summed E-state index contributed by atoms with van der Waals surface area (Å²) in [5.74, 6) is -2.19. The minimum Gasteiger partial charge on any atom is -0.459 e. The van der Waals surface area contributed by atoms with Crippen LogP contribution in [0.4, 0.5) is 26.3 Å². The largest absolute Gasteiger partial charge is 0.459 e. The van der Waals surface area contributed by atoms with Gasteiger partial charge in [-0.15, -0.1) is 0 Å². The lowest BCUT2D eigenvalue weighted by atomic mass is 9.98. The van der Waals surface area contributed by atoms with Crippen molar-refractivity contribution in [3.05, 3.63) is 36.5 Å². The molecule has 0 amide bonds. The highest BCUT2D eigenvalue weighted by atomic mass is 19.4. The van der Waals surface area contributed by atoms with Crippen LogP contribution in [0.25, 0.3) is 0 Å². The molecule has 0 saturated carbocycles. The van der Waals surface area contributed by atoms with Crippen LogP contribution in [-0.2, 0) is 23.9 Å². The van der Waals surface area contributed by atoms with E-state index in [-0.39, 0.29) is 16.7 Å². The molecule has 0 spiro atoms. The number of aliphatic hydroxyl groups is 3. The van der Waals surface area contributed by atoms with Crippen LogP contribution in [-0.4, -0.2) is 69.0 Å². The van der Waals surface area contributed by atoms with E-state index in [0.717, 1.165) is 0 Å². The fourth-order valence-electron chi connectivity index (χ4n) is 1.95. The van der Waals surface area contributed by atoms with Gasteiger partial charge in [0.25, 0.3) is 0 Å². The van der Waals surface area contributed by atoms with Crippen LogP contribution in [0.3, 0.4) is 0 Å². The summed E-state index contributed by atoms with van der Waals surface area (Å²) in [6.07, 6.45) is -13.0. The zero-order valence-electron chi connectivity index (χ0n) is 22.3. The summed E-state index contributed by atoms with van der Waals surface area (Å²) in [5.41, 5.74) is -5.18. The normalized spacial score (nSPS) is 15.9. The van der Waals surface area contributed by atoms with Gasteiger partial charge in [0.05, 0.1) is 6.10 Å². The molecule has 0 heterocycles. The van der Waals surface area contributed by atoms with Crippen LogP contribution in [0.1, 0.15) is 61.3 Å². The first-order valence-corrected chi connectivity index (χ1v) is 10.8. The van der Waals surface area contributed by atoms with Crippen molar-refractivity contribution in [1.29, 1.82) is 0 Å². The van der Waals surface area contributed by atoms with Crippen LogP contribution in [0.5, 0.6) is 0 Å². The van der Waals surface area contributed by atoms with Crippen LogP contribution >= 0.6 is 0 Å². The smallest absolute Gasteiger partial charge is 0.417 e. The minimum absolute atomic E-state index is 0.0958. The Hall–Kier alpha value is -2.71. The Labute approximate surface area is 217 Å². The summed E-state index contributed by atoms with van der Waals surface area (Å²) >= 11 is 0. The highest BCUT2D eigenvalue weighted by molar-refractivity contribution is 6.00. The number of ether oxygens (including phenoxy) is 2. The number of aliphatic hydroxyl groups excluding tert-OH is 1. The van der Waals surface area contributed by atoms with E-state index < -0.39 is 66.5 Å². The van der Waals surface area contributed by atoms with E-state index in [4.69, 9.17) is 15.3 Å². The van der Waals surface area contributed by atoms with Gasteiger partial charge in [-0.25, -0.2) is 14.4 Å². The number of hydrogen-bond donors (Lipinski definition) is 3. The molecular weight excluding hydrogens is 530 g/mol. The molecular formula is C24H36F6O8. The Kier molecular flexibility index (Phi) is 16.4. The molecule has 0 aliphatic carbocycles. The number of carbonyl (C=O) groups is 3. The summed E-state index contributed by atoms with van der Waals surface area (Å²) in [6, 6.07) is 0. The predicted molar refractivity (Wildman–Crippen MR) is 125 cm³/mol. The molecule has 4 unspecified atom stereocenters. The average molecular weight is 567 g/mol. The van der Waals surface area contributed by atoms with E-state index in [9.17, 15) is 40.7 Å². The summed E-state index contributed by atoms with van der Waals surface area (Å²) in [5, 5.41) is 26.5. The fraction of sp³-hybridized carbons (Fsp3) is 0.625. The third-order valence-corrected chi connectivity index (χ3v) is 4.14. The molecule has 3 N–H and O–H groups in total. The van der Waals surface area contributed by atoms with Crippen molar-refractivity contribution in [2.45, 2.75) is 97.1 Å². The monoisotopic (exact) mass is 566 g/mol. The first kappa shape index (κ1) is 39.8. The molecule has 0 aliphatic rings. The molecule has 0 radical (unpaired) electrons. The van der Waals surface area contributed by atoms with Crippen molar-refractivity contribution >= 4 is 17.9 Å². The summed E-state index contributed by atoms with van der Waals surface area (Å²) < 4.78 is 81.3. The molecule has 14 heteroatoms. The molecule has 0 rings (SSSR count). The third-order valence-electron chi connectivity index (χ3n) is 4.14. The van der Waals surface area contributed by atoms with E-state index in [1.54, 1.807) is 0 Å². The summed E-state index contributed by atoms with van der Waals surface area (Å²) in [7, 11) is 0. The third kappa shape index (κ3) is 16.9. The zero-order valence-corrected chi connectivity index (χ0v) is 22.3. The van der Waals surface area contributed by atoms with Gasteiger partial charge in [0, 0.05) is 29.6 Å². The van der Waals surface area contributed by atoms with Gasteiger partial charge < -0.3 is 24.8 Å². The number of hydrogen-bond acceptors (Lipinski definition) is 8. The number of alkyl halides is 6. The molecule has 0 aromatic rings. The molecule has 222 valence electrons. The lowest BCUT2D eigenvalue weighted by Gasteiger charge is -2.28. The van der Waals surface area contributed by atoms with Gasteiger partial charge in [0.15, 0.2) is 11.2 Å². The zero-order chi connectivity index (χ0) is 31.4. The molecule has 38 heavy (non-hydrogen) atoms. The van der Waals surface area contributed by atoms with Crippen LogP contribution < -0.4 is 0 Å². The SMILES string of the molecule is C=C(C)C(=O)OC(=O)C(=C)C.C=C(C)C(=O)OC(C)CC(C)(O)C(F)(F)F.CC(O)CC(C)(O)C(F)(F)F. The number of carbonyl (C=O) groups excluding carboxylic acids is 3. The second-order valence-electron chi connectivity index (χ2n) is 9.03. The molecule has 0 fully saturated rings. The van der Waals surface area contributed by atoms with Gasteiger partial charge in [-0.3, -0.25) is 0 Å². The minimum atomic E-state index is -4.75. The predicted octanol–water partition coefficient (Wildman–Crippen LogP) is 4.48. The first-order valence-electron chi connectivity index (χ1n) is 10.8. The van der Waals surface area contributed by atoms with Gasteiger partial charge in [0.1, 0.15) is 6.10 Å². The van der Waals surface area contributed by atoms with Crippen molar-refractivity contribution in [1.82, 2.24) is 0 Å². The van der Waals surface area contributed by atoms with Crippen LogP contribution in [0, 0.1) is 0 Å². The van der Waals surface area contributed by atoms with Crippen molar-refractivity contribution in [3.63, 3.8) is 0 Å². The topological polar surface area (TPSA) is 130 Å². The molecule has 4 atom stereocenters. The average Bonchev–Trinajstić information content (AvgIpc) is 2.65. The Morgan fingerprint density at radius 3 is 1.21 bits per heavy atom. The van der Waals surface area contributed by atoms with Crippen LogP contribution in [0.15, 0.2) is 36.5 Å². The van der Waals surface area contributed by atoms with Gasteiger partial charge in [-0.1, -0.05) is 19.7 Å². The second-order valence-corrected chi connectivity index (χ2v) is 9.03. The highest BCUT2D eigenvalue weighted by Gasteiger charge is 2.51. The number of rotatable bonds is 8. The molecule has 0 aliphatic heterocycles. The molecule has 0 saturated heterocycles.